The van der Waals surface area contributed by atoms with Crippen LogP contribution in [-0.2, 0) is 17.4 Å². The molecular formula is C77H71N3O2. The van der Waals surface area contributed by atoms with Crippen molar-refractivity contribution in [3.8, 4) is 22.3 Å². The van der Waals surface area contributed by atoms with E-state index in [9.17, 15) is 9.59 Å². The van der Waals surface area contributed by atoms with Crippen molar-refractivity contribution in [2.24, 2.45) is 11.8 Å². The predicted octanol–water partition coefficient (Wildman–Crippen LogP) is 20.8. The summed E-state index contributed by atoms with van der Waals surface area (Å²) in [6.07, 6.45) is 11.7. The fourth-order valence-electron chi connectivity index (χ4n) is 14.8. The fourth-order valence-corrected chi connectivity index (χ4v) is 14.8. The van der Waals surface area contributed by atoms with Gasteiger partial charge in [-0.05, 0) is 167 Å². The van der Waals surface area contributed by atoms with Crippen molar-refractivity contribution in [1.82, 2.24) is 9.47 Å². The quantitative estimate of drug-likeness (QED) is 0.0358. The van der Waals surface area contributed by atoms with Crippen molar-refractivity contribution in [3.05, 3.63) is 221 Å². The second-order valence-corrected chi connectivity index (χ2v) is 25.4. The molecule has 1 aromatic heterocycles. The van der Waals surface area contributed by atoms with E-state index in [2.05, 4.69) is 224 Å². The molecule has 0 saturated heterocycles. The van der Waals surface area contributed by atoms with Gasteiger partial charge in [0.2, 0.25) is 0 Å². The lowest BCUT2D eigenvalue weighted by Gasteiger charge is -2.31. The molecule has 10 aromatic carbocycles. The van der Waals surface area contributed by atoms with Crippen LogP contribution in [0.15, 0.2) is 188 Å². The van der Waals surface area contributed by atoms with Crippen LogP contribution < -0.4 is 4.90 Å². The SMILES string of the molecule is C=C(/C(=C\C=C/CC(C)C)C(C)C)N1C(=O)c2ccc3c4cccc5c4c(cc4c5c5ccc(N(c6ccc7c(c6)C(C)(C)c6ccccc6-7)c6ccc7c(c6)C(C)(C)c6ccccc6-7)cc5n4CCCCCC)c4ccc(c2c34)C1=O. The van der Waals surface area contributed by atoms with Gasteiger partial charge in [0.15, 0.2) is 0 Å². The van der Waals surface area contributed by atoms with Gasteiger partial charge in [0.1, 0.15) is 0 Å². The number of benzene rings is 10. The summed E-state index contributed by atoms with van der Waals surface area (Å²) in [7, 11) is 0. The highest BCUT2D eigenvalue weighted by Gasteiger charge is 2.40. The summed E-state index contributed by atoms with van der Waals surface area (Å²) in [4.78, 5) is 33.7. The Labute approximate surface area is 482 Å². The van der Waals surface area contributed by atoms with Gasteiger partial charge in [-0.2, -0.15) is 0 Å². The summed E-state index contributed by atoms with van der Waals surface area (Å²) < 4.78 is 2.60. The molecule has 0 unspecified atom stereocenters. The largest absolute Gasteiger partial charge is 0.340 e. The zero-order valence-corrected chi connectivity index (χ0v) is 48.9. The Bertz CT molecular complexity index is 4480. The first-order valence-electron chi connectivity index (χ1n) is 30.0. The molecule has 2 heterocycles. The Morgan fingerprint density at radius 1 is 0.512 bits per heavy atom. The molecule has 0 saturated carbocycles. The summed E-state index contributed by atoms with van der Waals surface area (Å²) in [5.74, 6) is -0.0912. The average molecular weight is 1070 g/mol. The van der Waals surface area contributed by atoms with Gasteiger partial charge in [0.05, 0.1) is 11.0 Å². The van der Waals surface area contributed by atoms with Gasteiger partial charge in [0.25, 0.3) is 11.8 Å². The van der Waals surface area contributed by atoms with Crippen molar-refractivity contribution >= 4 is 93.8 Å². The van der Waals surface area contributed by atoms with E-state index in [4.69, 9.17) is 0 Å². The lowest BCUT2D eigenvalue weighted by atomic mass is 9.82. The highest BCUT2D eigenvalue weighted by molar-refractivity contribution is 6.41. The van der Waals surface area contributed by atoms with Crippen molar-refractivity contribution < 1.29 is 9.59 Å². The molecule has 2 amide bonds. The van der Waals surface area contributed by atoms with E-state index in [1.54, 1.807) is 0 Å². The fraction of sp³-hybridized carbons (Fsp3) is 0.247. The van der Waals surface area contributed by atoms with Crippen molar-refractivity contribution in [1.29, 1.82) is 0 Å². The van der Waals surface area contributed by atoms with E-state index in [-0.39, 0.29) is 28.6 Å². The number of fused-ring (bicyclic) bond motifs is 12. The van der Waals surface area contributed by atoms with Crippen LogP contribution in [0.2, 0.25) is 0 Å². The summed E-state index contributed by atoms with van der Waals surface area (Å²) in [6, 6.07) is 56.7. The van der Waals surface area contributed by atoms with Gasteiger partial charge < -0.3 is 9.47 Å². The normalized spacial score (nSPS) is 15.2. The number of imide groups is 1. The second-order valence-electron chi connectivity index (χ2n) is 25.4. The minimum absolute atomic E-state index is 0.0438. The van der Waals surface area contributed by atoms with Crippen LogP contribution in [0.25, 0.3) is 87.1 Å². The number of aromatic nitrogens is 1. The molecule has 0 spiro atoms. The lowest BCUT2D eigenvalue weighted by Crippen LogP contribution is -2.40. The highest BCUT2D eigenvalue weighted by Crippen LogP contribution is 2.54. The number of nitrogens with zero attached hydrogens (tertiary/aromatic N) is 3. The van der Waals surface area contributed by atoms with E-state index in [0.29, 0.717) is 22.7 Å². The molecule has 406 valence electrons. The van der Waals surface area contributed by atoms with Crippen LogP contribution in [0, 0.1) is 11.8 Å². The summed E-state index contributed by atoms with van der Waals surface area (Å²) in [6.45, 7) is 25.6. The van der Waals surface area contributed by atoms with E-state index >= 15 is 0 Å². The molecule has 0 bridgehead atoms. The standard InChI is InChI=1S/C77H71N3O2/c1-11-12-13-20-40-78-68-43-50(80(48-30-33-54-52-24-16-18-28-64(52)76(7,8)66(54)41-48)49-31-34-55-53-25-17-19-29-65(53)77(9,10)67(55)42-49)32-35-59(68)71-60-27-21-26-56-57-36-38-61-73-62(39-37-58(72(57)73)63(70(56)60)44-69(71)78)75(82)79(74(61)81)47(6)51(46(4)5)23-15-14-22-45(2)3/h14-19,21,23-39,41-46H,6,11-13,20,22,40H2,1-5,7-10H3/b15-14-,51-23-. The van der Waals surface area contributed by atoms with E-state index in [1.807, 2.05) is 24.3 Å². The van der Waals surface area contributed by atoms with E-state index in [1.165, 1.54) is 88.4 Å². The van der Waals surface area contributed by atoms with Crippen LogP contribution in [0.4, 0.5) is 17.1 Å². The number of allylic oxidation sites excluding steroid dienone is 4. The van der Waals surface area contributed by atoms with Gasteiger partial charge in [0, 0.05) is 67.4 Å². The number of hydrogen-bond acceptors (Lipinski definition) is 3. The van der Waals surface area contributed by atoms with E-state index < -0.39 is 0 Å². The lowest BCUT2D eigenvalue weighted by molar-refractivity contribution is 0.0665. The Balaban J connectivity index is 0.972. The molecule has 0 atom stereocenters. The molecule has 0 radical (unpaired) electrons. The molecule has 3 aliphatic rings. The van der Waals surface area contributed by atoms with Crippen molar-refractivity contribution in [2.45, 2.75) is 112 Å². The highest BCUT2D eigenvalue weighted by atomic mass is 16.2. The maximum atomic E-state index is 14.9. The molecule has 5 nitrogen and oxygen atoms in total. The molecule has 11 aromatic rings. The number of anilines is 3. The monoisotopic (exact) mass is 1070 g/mol. The molecule has 0 N–H and O–H groups in total. The molecule has 82 heavy (non-hydrogen) atoms. The number of carbonyl (C=O) groups is 2. The van der Waals surface area contributed by atoms with Crippen LogP contribution in [-0.4, -0.2) is 21.3 Å². The van der Waals surface area contributed by atoms with Gasteiger partial charge >= 0.3 is 0 Å². The Kier molecular flexibility index (Phi) is 12.0. The van der Waals surface area contributed by atoms with Crippen molar-refractivity contribution in [3.63, 3.8) is 0 Å². The Morgan fingerprint density at radius 2 is 1.05 bits per heavy atom. The number of aryl methyl sites for hydroxylation is 1. The predicted molar refractivity (Wildman–Crippen MR) is 346 cm³/mol. The zero-order valence-electron chi connectivity index (χ0n) is 48.9. The molecule has 14 rings (SSSR count). The van der Waals surface area contributed by atoms with Gasteiger partial charge in [-0.25, -0.2) is 4.90 Å². The number of amides is 2. The average Bonchev–Trinajstić information content (AvgIpc) is 2.00. The first kappa shape index (κ1) is 51.6. The molecule has 1 aliphatic heterocycles. The van der Waals surface area contributed by atoms with Crippen LogP contribution in [0.3, 0.4) is 0 Å². The molecular weight excluding hydrogens is 999 g/mol. The number of carbonyl (C=O) groups excluding carboxylic acids is 2. The minimum Gasteiger partial charge on any atom is -0.340 e. The minimum atomic E-state index is -0.331. The number of hydrogen-bond donors (Lipinski definition) is 0. The third-order valence-corrected chi connectivity index (χ3v) is 19.0. The topological polar surface area (TPSA) is 45.6 Å². The zero-order chi connectivity index (χ0) is 56.7. The van der Waals surface area contributed by atoms with Crippen LogP contribution >= 0.6 is 0 Å². The smallest absolute Gasteiger partial charge is 0.265 e. The first-order valence-corrected chi connectivity index (χ1v) is 30.0. The van der Waals surface area contributed by atoms with E-state index in [0.717, 1.165) is 87.2 Å². The molecule has 5 heteroatoms. The third-order valence-electron chi connectivity index (χ3n) is 19.0. The Hall–Kier alpha value is -8.54. The molecule has 2 aliphatic carbocycles. The number of rotatable bonds is 14. The second kappa shape index (κ2) is 19.0. The maximum Gasteiger partial charge on any atom is 0.265 e. The maximum absolute atomic E-state index is 14.9. The third kappa shape index (κ3) is 7.50. The summed E-state index contributed by atoms with van der Waals surface area (Å²) in [5.41, 5.74) is 18.4. The molecule has 0 fully saturated rings. The van der Waals surface area contributed by atoms with Crippen LogP contribution in [0.1, 0.15) is 137 Å². The summed E-state index contributed by atoms with van der Waals surface area (Å²) >= 11 is 0. The van der Waals surface area contributed by atoms with Gasteiger partial charge in [-0.3, -0.25) is 9.59 Å². The summed E-state index contributed by atoms with van der Waals surface area (Å²) in [5, 5.41) is 10.9. The van der Waals surface area contributed by atoms with Crippen molar-refractivity contribution in [2.75, 3.05) is 4.90 Å². The van der Waals surface area contributed by atoms with Gasteiger partial charge in [-0.15, -0.1) is 0 Å². The number of unbranched alkanes of at least 4 members (excludes halogenated alkanes) is 3. The van der Waals surface area contributed by atoms with Crippen LogP contribution in [0.5, 0.6) is 0 Å². The Morgan fingerprint density at radius 3 is 1.66 bits per heavy atom. The first-order chi connectivity index (χ1) is 39.6. The van der Waals surface area contributed by atoms with Gasteiger partial charge in [-0.1, -0.05) is 203 Å².